The summed E-state index contributed by atoms with van der Waals surface area (Å²) in [5.74, 6) is 0.631. The van der Waals surface area contributed by atoms with Crippen LogP contribution in [0.15, 0.2) is 42.7 Å². The minimum Gasteiger partial charge on any atom is -0.307 e. The molecule has 3 heteroatoms. The van der Waals surface area contributed by atoms with Crippen LogP contribution in [0.5, 0.6) is 0 Å². The Morgan fingerprint density at radius 1 is 1.05 bits per heavy atom. The molecule has 102 valence electrons. The van der Waals surface area contributed by atoms with Gasteiger partial charge in [0.15, 0.2) is 0 Å². The number of hydrogen-bond acceptors (Lipinski definition) is 2. The molecule has 0 bridgehead atoms. The number of para-hydroxylation sites is 1. The lowest BCUT2D eigenvalue weighted by Crippen LogP contribution is -2.32. The Labute approximate surface area is 115 Å². The average Bonchev–Trinajstić information content (AvgIpc) is 2.89. The molecule has 0 aliphatic carbocycles. The van der Waals surface area contributed by atoms with Crippen molar-refractivity contribution >= 4 is 0 Å². The van der Waals surface area contributed by atoms with Gasteiger partial charge < -0.3 is 5.32 Å². The number of hydrogen-bond donors (Lipinski definition) is 1. The summed E-state index contributed by atoms with van der Waals surface area (Å²) in [4.78, 5) is 0. The zero-order chi connectivity index (χ0) is 13.8. The lowest BCUT2D eigenvalue weighted by molar-refractivity contribution is 0.389. The average molecular weight is 257 g/mol. The molecule has 2 atom stereocenters. The van der Waals surface area contributed by atoms with E-state index in [2.05, 4.69) is 56.4 Å². The summed E-state index contributed by atoms with van der Waals surface area (Å²) in [5, 5.41) is 8.04. The first-order valence-corrected chi connectivity index (χ1v) is 6.94. The van der Waals surface area contributed by atoms with Gasteiger partial charge in [0.2, 0.25) is 0 Å². The van der Waals surface area contributed by atoms with Crippen molar-refractivity contribution in [3.05, 3.63) is 48.3 Å². The van der Waals surface area contributed by atoms with Crippen molar-refractivity contribution in [1.82, 2.24) is 15.1 Å². The van der Waals surface area contributed by atoms with Gasteiger partial charge >= 0.3 is 0 Å². The Bertz CT molecular complexity index is 502. The van der Waals surface area contributed by atoms with Crippen LogP contribution in [0.3, 0.4) is 0 Å². The number of rotatable bonds is 5. The monoisotopic (exact) mass is 257 g/mol. The van der Waals surface area contributed by atoms with E-state index < -0.39 is 0 Å². The van der Waals surface area contributed by atoms with Crippen LogP contribution in [0.25, 0.3) is 5.69 Å². The van der Waals surface area contributed by atoms with E-state index in [0.717, 1.165) is 5.69 Å². The molecule has 2 unspecified atom stereocenters. The van der Waals surface area contributed by atoms with Crippen LogP contribution in [-0.2, 0) is 0 Å². The number of nitrogens with zero attached hydrogens (tertiary/aromatic N) is 2. The van der Waals surface area contributed by atoms with Crippen molar-refractivity contribution in [1.29, 1.82) is 0 Å². The van der Waals surface area contributed by atoms with Gasteiger partial charge in [-0.15, -0.1) is 0 Å². The molecule has 19 heavy (non-hydrogen) atoms. The van der Waals surface area contributed by atoms with Gasteiger partial charge in [0, 0.05) is 23.8 Å². The van der Waals surface area contributed by atoms with Crippen LogP contribution in [0.1, 0.15) is 39.3 Å². The van der Waals surface area contributed by atoms with Crippen molar-refractivity contribution in [2.45, 2.75) is 39.8 Å². The lowest BCUT2D eigenvalue weighted by Gasteiger charge is -2.22. The van der Waals surface area contributed by atoms with Crippen molar-refractivity contribution < 1.29 is 0 Å². The van der Waals surface area contributed by atoms with E-state index in [1.54, 1.807) is 0 Å². The molecule has 3 nitrogen and oxygen atoms in total. The van der Waals surface area contributed by atoms with Crippen LogP contribution in [-0.4, -0.2) is 15.8 Å². The summed E-state index contributed by atoms with van der Waals surface area (Å²) in [6.45, 7) is 8.88. The van der Waals surface area contributed by atoms with E-state index in [9.17, 15) is 0 Å². The van der Waals surface area contributed by atoms with E-state index >= 15 is 0 Å². The van der Waals surface area contributed by atoms with E-state index in [4.69, 9.17) is 0 Å². The second-order valence-corrected chi connectivity index (χ2v) is 5.47. The summed E-state index contributed by atoms with van der Waals surface area (Å²) in [7, 11) is 0. The van der Waals surface area contributed by atoms with E-state index in [0.29, 0.717) is 18.0 Å². The van der Waals surface area contributed by atoms with Crippen LogP contribution >= 0.6 is 0 Å². The molecular formula is C16H23N3. The molecule has 1 aromatic carbocycles. The second kappa shape index (κ2) is 6.02. The topological polar surface area (TPSA) is 29.9 Å². The Balaban J connectivity index is 2.09. The molecule has 1 heterocycles. The van der Waals surface area contributed by atoms with Gasteiger partial charge in [0.05, 0.1) is 11.9 Å². The predicted molar refractivity (Wildman–Crippen MR) is 79.4 cm³/mol. The molecule has 0 amide bonds. The minimum absolute atomic E-state index is 0.315. The highest BCUT2D eigenvalue weighted by Gasteiger charge is 2.13. The number of benzene rings is 1. The third kappa shape index (κ3) is 3.44. The second-order valence-electron chi connectivity index (χ2n) is 5.47. The molecule has 1 N–H and O–H groups in total. The third-order valence-corrected chi connectivity index (χ3v) is 3.64. The molecule has 0 aliphatic rings. The summed E-state index contributed by atoms with van der Waals surface area (Å²) in [6.07, 6.45) is 4.04. The molecule has 2 aromatic rings. The fourth-order valence-electron chi connectivity index (χ4n) is 1.97. The quantitative estimate of drug-likeness (QED) is 0.887. The highest BCUT2D eigenvalue weighted by molar-refractivity contribution is 5.31. The first-order valence-electron chi connectivity index (χ1n) is 6.94. The summed E-state index contributed by atoms with van der Waals surface area (Å²) in [6, 6.07) is 11.0. The summed E-state index contributed by atoms with van der Waals surface area (Å²) >= 11 is 0. The Morgan fingerprint density at radius 2 is 1.74 bits per heavy atom. The van der Waals surface area contributed by atoms with Gasteiger partial charge in [-0.25, -0.2) is 4.68 Å². The molecule has 0 saturated heterocycles. The van der Waals surface area contributed by atoms with E-state index in [-0.39, 0.29) is 0 Å². The molecule has 0 fully saturated rings. The van der Waals surface area contributed by atoms with Gasteiger partial charge in [-0.05, 0) is 31.9 Å². The SMILES string of the molecule is CC(NC(C)C(C)C)c1cnn(-c2ccccc2)c1. The van der Waals surface area contributed by atoms with Crippen LogP contribution in [0.2, 0.25) is 0 Å². The first-order chi connectivity index (χ1) is 9.08. The number of nitrogens with one attached hydrogen (secondary N) is 1. The highest BCUT2D eigenvalue weighted by atomic mass is 15.3. The zero-order valence-corrected chi connectivity index (χ0v) is 12.2. The van der Waals surface area contributed by atoms with Crippen LogP contribution in [0.4, 0.5) is 0 Å². The standard InChI is InChI=1S/C16H23N3/c1-12(2)13(3)18-14(4)15-10-17-19(11-15)16-8-6-5-7-9-16/h5-14,18H,1-4H3. The lowest BCUT2D eigenvalue weighted by atomic mass is 10.0. The van der Waals surface area contributed by atoms with Crippen LogP contribution in [0, 0.1) is 5.92 Å². The van der Waals surface area contributed by atoms with Crippen molar-refractivity contribution in [2.75, 3.05) is 0 Å². The smallest absolute Gasteiger partial charge is 0.0645 e. The van der Waals surface area contributed by atoms with Gasteiger partial charge in [-0.3, -0.25) is 0 Å². The van der Waals surface area contributed by atoms with Crippen molar-refractivity contribution in [2.24, 2.45) is 5.92 Å². The van der Waals surface area contributed by atoms with Gasteiger partial charge in [-0.2, -0.15) is 5.10 Å². The molecule has 0 aliphatic heterocycles. The maximum absolute atomic E-state index is 4.44. The Hall–Kier alpha value is -1.61. The third-order valence-electron chi connectivity index (χ3n) is 3.64. The van der Waals surface area contributed by atoms with Crippen molar-refractivity contribution in [3.8, 4) is 5.69 Å². The largest absolute Gasteiger partial charge is 0.307 e. The molecule has 1 aromatic heterocycles. The van der Waals surface area contributed by atoms with Gasteiger partial charge in [-0.1, -0.05) is 32.0 Å². The zero-order valence-electron chi connectivity index (χ0n) is 12.2. The molecule has 0 radical (unpaired) electrons. The fraction of sp³-hybridized carbons (Fsp3) is 0.438. The molecule has 2 rings (SSSR count). The first kappa shape index (κ1) is 13.8. The number of aromatic nitrogens is 2. The fourth-order valence-corrected chi connectivity index (χ4v) is 1.97. The normalized spacial score (nSPS) is 14.6. The predicted octanol–water partition coefficient (Wildman–Crippen LogP) is 3.57. The summed E-state index contributed by atoms with van der Waals surface area (Å²) < 4.78 is 1.92. The molecule has 0 spiro atoms. The molecular weight excluding hydrogens is 234 g/mol. The van der Waals surface area contributed by atoms with Crippen LogP contribution < -0.4 is 5.32 Å². The molecule has 0 saturated carbocycles. The Morgan fingerprint density at radius 3 is 2.37 bits per heavy atom. The van der Waals surface area contributed by atoms with Crippen molar-refractivity contribution in [3.63, 3.8) is 0 Å². The van der Waals surface area contributed by atoms with E-state index in [1.165, 1.54) is 5.56 Å². The van der Waals surface area contributed by atoms with Gasteiger partial charge in [0.25, 0.3) is 0 Å². The Kier molecular flexibility index (Phi) is 4.38. The minimum atomic E-state index is 0.315. The highest BCUT2D eigenvalue weighted by Crippen LogP contribution is 2.16. The van der Waals surface area contributed by atoms with Gasteiger partial charge in [0.1, 0.15) is 0 Å². The maximum Gasteiger partial charge on any atom is 0.0645 e. The van der Waals surface area contributed by atoms with E-state index in [1.807, 2.05) is 29.1 Å². The summed E-state index contributed by atoms with van der Waals surface area (Å²) in [5.41, 5.74) is 2.31. The maximum atomic E-state index is 4.44.